The van der Waals surface area contributed by atoms with Crippen molar-refractivity contribution in [2.45, 2.75) is 0 Å². The highest BCUT2D eigenvalue weighted by Crippen LogP contribution is 2.23. The van der Waals surface area contributed by atoms with Crippen LogP contribution in [0.25, 0.3) is 0 Å². The molecular formula is C13H17ClN2O4. The van der Waals surface area contributed by atoms with Gasteiger partial charge in [-0.2, -0.15) is 0 Å². The Hall–Kier alpha value is -1.63. The van der Waals surface area contributed by atoms with Gasteiger partial charge in [-0.1, -0.05) is 11.6 Å². The molecule has 0 aliphatic heterocycles. The quantitative estimate of drug-likeness (QED) is 0.586. The van der Waals surface area contributed by atoms with Gasteiger partial charge in [-0.05, 0) is 18.2 Å². The van der Waals surface area contributed by atoms with Gasteiger partial charge in [0.15, 0.2) is 0 Å². The summed E-state index contributed by atoms with van der Waals surface area (Å²) in [6, 6.07) is 4.53. The minimum absolute atomic E-state index is 0.127. The van der Waals surface area contributed by atoms with Crippen molar-refractivity contribution >= 4 is 29.2 Å². The van der Waals surface area contributed by atoms with Gasteiger partial charge in [0.2, 0.25) is 5.91 Å². The van der Waals surface area contributed by atoms with Crippen molar-refractivity contribution in [2.24, 2.45) is 0 Å². The Labute approximate surface area is 122 Å². The summed E-state index contributed by atoms with van der Waals surface area (Å²) in [5.74, 6) is -0.750. The van der Waals surface area contributed by atoms with Crippen molar-refractivity contribution < 1.29 is 19.1 Å². The Balaban J connectivity index is 2.62. The minimum atomic E-state index is -0.490. The first-order valence-electron chi connectivity index (χ1n) is 5.96. The molecule has 1 aromatic rings. The SMILES string of the molecule is COCCNCC(=O)Nc1cc(C(=O)OC)ccc1Cl. The first-order valence-corrected chi connectivity index (χ1v) is 6.33. The molecule has 0 aliphatic rings. The zero-order chi connectivity index (χ0) is 15.0. The summed E-state index contributed by atoms with van der Waals surface area (Å²) < 4.78 is 9.46. The fraction of sp³-hybridized carbons (Fsp3) is 0.385. The van der Waals surface area contributed by atoms with Gasteiger partial charge in [-0.25, -0.2) is 4.79 Å². The molecule has 7 heteroatoms. The molecule has 0 bridgehead atoms. The van der Waals surface area contributed by atoms with E-state index in [-0.39, 0.29) is 12.5 Å². The number of carbonyl (C=O) groups excluding carboxylic acids is 2. The lowest BCUT2D eigenvalue weighted by Gasteiger charge is -2.09. The number of methoxy groups -OCH3 is 2. The van der Waals surface area contributed by atoms with Gasteiger partial charge in [0.05, 0.1) is 36.5 Å². The average molecular weight is 301 g/mol. The molecule has 110 valence electrons. The van der Waals surface area contributed by atoms with E-state index < -0.39 is 5.97 Å². The van der Waals surface area contributed by atoms with Crippen LogP contribution >= 0.6 is 11.6 Å². The second kappa shape index (κ2) is 8.52. The van der Waals surface area contributed by atoms with Gasteiger partial charge < -0.3 is 20.1 Å². The van der Waals surface area contributed by atoms with E-state index in [9.17, 15) is 9.59 Å². The van der Waals surface area contributed by atoms with Gasteiger partial charge in [-0.15, -0.1) is 0 Å². The standard InChI is InChI=1S/C13H17ClN2O4/c1-19-6-5-15-8-12(17)16-11-7-9(13(18)20-2)3-4-10(11)14/h3-4,7,15H,5-6,8H2,1-2H3,(H,16,17). The Morgan fingerprint density at radius 1 is 1.30 bits per heavy atom. The lowest BCUT2D eigenvalue weighted by atomic mass is 10.2. The fourth-order valence-electron chi connectivity index (χ4n) is 1.44. The number of amides is 1. The largest absolute Gasteiger partial charge is 0.465 e. The third-order valence-corrected chi connectivity index (χ3v) is 2.76. The fourth-order valence-corrected chi connectivity index (χ4v) is 1.60. The van der Waals surface area contributed by atoms with Gasteiger partial charge in [0.25, 0.3) is 0 Å². The maximum absolute atomic E-state index is 11.7. The third kappa shape index (κ3) is 5.16. The molecule has 0 saturated heterocycles. The zero-order valence-electron chi connectivity index (χ0n) is 11.4. The smallest absolute Gasteiger partial charge is 0.337 e. The van der Waals surface area contributed by atoms with Crippen LogP contribution in [0.5, 0.6) is 0 Å². The number of halogens is 1. The highest BCUT2D eigenvalue weighted by Gasteiger charge is 2.11. The van der Waals surface area contributed by atoms with Crippen LogP contribution in [0.15, 0.2) is 18.2 Å². The number of hydrogen-bond donors (Lipinski definition) is 2. The van der Waals surface area contributed by atoms with E-state index in [2.05, 4.69) is 15.4 Å². The molecule has 0 aliphatic carbocycles. The number of carbonyl (C=O) groups is 2. The van der Waals surface area contributed by atoms with Crippen LogP contribution in [0.1, 0.15) is 10.4 Å². The molecule has 0 unspecified atom stereocenters. The number of rotatable bonds is 7. The number of benzene rings is 1. The molecule has 0 aromatic heterocycles. The van der Waals surface area contributed by atoms with Crippen LogP contribution in [0.2, 0.25) is 5.02 Å². The van der Waals surface area contributed by atoms with Crippen molar-refractivity contribution in [2.75, 3.05) is 39.2 Å². The Morgan fingerprint density at radius 2 is 2.05 bits per heavy atom. The molecule has 0 spiro atoms. The third-order valence-electron chi connectivity index (χ3n) is 2.43. The van der Waals surface area contributed by atoms with E-state index in [1.807, 2.05) is 0 Å². The van der Waals surface area contributed by atoms with Gasteiger partial charge >= 0.3 is 5.97 Å². The molecule has 2 N–H and O–H groups in total. The average Bonchev–Trinajstić information content (AvgIpc) is 2.45. The van der Waals surface area contributed by atoms with Crippen LogP contribution in [0.4, 0.5) is 5.69 Å². The lowest BCUT2D eigenvalue weighted by Crippen LogP contribution is -2.30. The lowest BCUT2D eigenvalue weighted by molar-refractivity contribution is -0.115. The van der Waals surface area contributed by atoms with E-state index in [1.165, 1.54) is 25.3 Å². The molecule has 0 heterocycles. The number of anilines is 1. The van der Waals surface area contributed by atoms with Crippen LogP contribution < -0.4 is 10.6 Å². The second-order valence-corrected chi connectivity index (χ2v) is 4.31. The molecule has 6 nitrogen and oxygen atoms in total. The summed E-state index contributed by atoms with van der Waals surface area (Å²) in [5.41, 5.74) is 0.688. The van der Waals surface area contributed by atoms with Crippen LogP contribution in [0.3, 0.4) is 0 Å². The van der Waals surface area contributed by atoms with Gasteiger partial charge in [-0.3, -0.25) is 4.79 Å². The Morgan fingerprint density at radius 3 is 2.70 bits per heavy atom. The summed E-state index contributed by atoms with van der Waals surface area (Å²) in [4.78, 5) is 23.1. The summed E-state index contributed by atoms with van der Waals surface area (Å²) >= 11 is 5.96. The van der Waals surface area contributed by atoms with Gasteiger partial charge in [0.1, 0.15) is 0 Å². The van der Waals surface area contributed by atoms with E-state index in [0.29, 0.717) is 29.4 Å². The highest BCUT2D eigenvalue weighted by molar-refractivity contribution is 6.33. The molecule has 0 fully saturated rings. The van der Waals surface area contributed by atoms with Crippen molar-refractivity contribution in [3.8, 4) is 0 Å². The number of ether oxygens (including phenoxy) is 2. The predicted octanol–water partition coefficient (Wildman–Crippen LogP) is 1.30. The highest BCUT2D eigenvalue weighted by atomic mass is 35.5. The first kappa shape index (κ1) is 16.4. The number of nitrogens with one attached hydrogen (secondary N) is 2. The van der Waals surface area contributed by atoms with Crippen molar-refractivity contribution in [3.63, 3.8) is 0 Å². The zero-order valence-corrected chi connectivity index (χ0v) is 12.1. The molecule has 0 atom stereocenters. The normalized spacial score (nSPS) is 10.2. The maximum atomic E-state index is 11.7. The number of hydrogen-bond acceptors (Lipinski definition) is 5. The summed E-state index contributed by atoms with van der Waals surface area (Å²) in [6.07, 6.45) is 0. The molecular weight excluding hydrogens is 284 g/mol. The van der Waals surface area contributed by atoms with E-state index >= 15 is 0 Å². The summed E-state index contributed by atoms with van der Waals surface area (Å²) in [5, 5.41) is 5.88. The summed E-state index contributed by atoms with van der Waals surface area (Å²) in [6.45, 7) is 1.22. The van der Waals surface area contributed by atoms with Crippen molar-refractivity contribution in [1.29, 1.82) is 0 Å². The Bertz CT molecular complexity index is 479. The number of esters is 1. The van der Waals surface area contributed by atoms with E-state index in [0.717, 1.165) is 0 Å². The van der Waals surface area contributed by atoms with Crippen LogP contribution in [0, 0.1) is 0 Å². The second-order valence-electron chi connectivity index (χ2n) is 3.90. The van der Waals surface area contributed by atoms with Crippen LogP contribution in [-0.2, 0) is 14.3 Å². The Kier molecular flexibility index (Phi) is 7.00. The topological polar surface area (TPSA) is 76.7 Å². The molecule has 1 aromatic carbocycles. The summed E-state index contributed by atoms with van der Waals surface area (Å²) in [7, 11) is 2.87. The van der Waals surface area contributed by atoms with Crippen LogP contribution in [-0.4, -0.2) is 45.8 Å². The predicted molar refractivity (Wildman–Crippen MR) is 76.2 cm³/mol. The minimum Gasteiger partial charge on any atom is -0.465 e. The monoisotopic (exact) mass is 300 g/mol. The van der Waals surface area contributed by atoms with E-state index in [4.69, 9.17) is 16.3 Å². The van der Waals surface area contributed by atoms with Crippen molar-refractivity contribution in [3.05, 3.63) is 28.8 Å². The van der Waals surface area contributed by atoms with E-state index in [1.54, 1.807) is 7.11 Å². The molecule has 0 radical (unpaired) electrons. The van der Waals surface area contributed by atoms with Crippen molar-refractivity contribution in [1.82, 2.24) is 5.32 Å². The molecule has 0 saturated carbocycles. The molecule has 1 rings (SSSR count). The van der Waals surface area contributed by atoms with Gasteiger partial charge in [0, 0.05) is 13.7 Å². The first-order chi connectivity index (χ1) is 9.58. The molecule has 20 heavy (non-hydrogen) atoms. The molecule has 1 amide bonds. The maximum Gasteiger partial charge on any atom is 0.337 e.